The summed E-state index contributed by atoms with van der Waals surface area (Å²) in [6.07, 6.45) is 16.1. The summed E-state index contributed by atoms with van der Waals surface area (Å²) in [7, 11) is -4.64. The summed E-state index contributed by atoms with van der Waals surface area (Å²) in [4.78, 5) is 31.3. The van der Waals surface area contributed by atoms with Crippen LogP contribution >= 0.6 is 7.82 Å². The standard InChI is InChI=1S/C19H36O7.H3O4P/c1-3-5-6-7-8-10-13-18(4-2)20-16-17-21-23-25-26-24-22-19-14-11-9-12-15-19;1-5(2,3)4/h4,19H,3,5-17H2,1-2H3;(H3,1,2,3,4). The van der Waals surface area contributed by atoms with E-state index in [2.05, 4.69) is 27.1 Å². The summed E-state index contributed by atoms with van der Waals surface area (Å²) >= 11 is 0. The van der Waals surface area contributed by atoms with Crippen molar-refractivity contribution in [3.63, 3.8) is 0 Å². The number of allylic oxidation sites excluding steroid dienone is 2. The van der Waals surface area contributed by atoms with Crippen molar-refractivity contribution in [1.82, 2.24) is 0 Å². The molecule has 0 saturated heterocycles. The molecule has 1 saturated carbocycles. The maximum atomic E-state index is 8.88. The fraction of sp³-hybridized carbons (Fsp3) is 0.895. The van der Waals surface area contributed by atoms with E-state index in [0.717, 1.165) is 44.3 Å². The molecule has 31 heavy (non-hydrogen) atoms. The normalized spacial score (nSPS) is 15.5. The van der Waals surface area contributed by atoms with Crippen LogP contribution in [-0.2, 0) is 39.2 Å². The average molecular weight is 474 g/mol. The van der Waals surface area contributed by atoms with E-state index >= 15 is 0 Å². The predicted octanol–water partition coefficient (Wildman–Crippen LogP) is 4.74. The van der Waals surface area contributed by atoms with Gasteiger partial charge in [-0.15, -0.1) is 0 Å². The van der Waals surface area contributed by atoms with Gasteiger partial charge in [0.1, 0.15) is 13.2 Å². The van der Waals surface area contributed by atoms with Crippen molar-refractivity contribution in [2.75, 3.05) is 13.2 Å². The Bertz CT molecular complexity index is 456. The van der Waals surface area contributed by atoms with Gasteiger partial charge in [0.15, 0.2) is 0 Å². The number of ether oxygens (including phenoxy) is 1. The summed E-state index contributed by atoms with van der Waals surface area (Å²) < 4.78 is 14.5. The lowest BCUT2D eigenvalue weighted by atomic mass is 9.98. The zero-order chi connectivity index (χ0) is 23.2. The Balaban J connectivity index is 0.00000161. The molecule has 12 heteroatoms. The molecule has 1 aliphatic carbocycles. The number of rotatable bonds is 17. The highest BCUT2D eigenvalue weighted by atomic mass is 31.2. The van der Waals surface area contributed by atoms with Crippen LogP contribution in [0.15, 0.2) is 11.8 Å². The van der Waals surface area contributed by atoms with Gasteiger partial charge in [0, 0.05) is 6.42 Å². The average Bonchev–Trinajstić information content (AvgIpc) is 2.73. The Kier molecular flexibility index (Phi) is 20.9. The monoisotopic (exact) mass is 474 g/mol. The van der Waals surface area contributed by atoms with Crippen LogP contribution in [0.2, 0.25) is 0 Å². The third kappa shape index (κ3) is 25.5. The molecule has 1 aliphatic rings. The molecule has 186 valence electrons. The van der Waals surface area contributed by atoms with Crippen LogP contribution in [0, 0.1) is 0 Å². The van der Waals surface area contributed by atoms with Crippen molar-refractivity contribution >= 4 is 7.82 Å². The lowest BCUT2D eigenvalue weighted by Crippen LogP contribution is -2.17. The Morgan fingerprint density at radius 2 is 1.52 bits per heavy atom. The first-order chi connectivity index (χ1) is 14.9. The van der Waals surface area contributed by atoms with Crippen LogP contribution in [0.5, 0.6) is 0 Å². The van der Waals surface area contributed by atoms with E-state index in [4.69, 9.17) is 33.8 Å². The van der Waals surface area contributed by atoms with Gasteiger partial charge in [-0.05, 0) is 52.4 Å². The number of hydrogen-bond donors (Lipinski definition) is 3. The highest BCUT2D eigenvalue weighted by Gasteiger charge is 2.15. The minimum Gasteiger partial charge on any atom is -0.496 e. The third-order valence-electron chi connectivity index (χ3n) is 4.41. The van der Waals surface area contributed by atoms with Crippen molar-refractivity contribution in [3.8, 4) is 0 Å². The lowest BCUT2D eigenvalue weighted by molar-refractivity contribution is -0.760. The smallest absolute Gasteiger partial charge is 0.466 e. The molecule has 0 amide bonds. The van der Waals surface area contributed by atoms with Crippen LogP contribution in [-0.4, -0.2) is 34.0 Å². The maximum Gasteiger partial charge on any atom is 0.466 e. The van der Waals surface area contributed by atoms with E-state index in [0.29, 0.717) is 6.61 Å². The van der Waals surface area contributed by atoms with Crippen LogP contribution in [0.1, 0.15) is 90.9 Å². The lowest BCUT2D eigenvalue weighted by Gasteiger charge is -2.18. The van der Waals surface area contributed by atoms with Gasteiger partial charge in [-0.3, -0.25) is 0 Å². The fourth-order valence-corrected chi connectivity index (χ4v) is 2.90. The Morgan fingerprint density at radius 1 is 0.903 bits per heavy atom. The second kappa shape index (κ2) is 21.3. The predicted molar refractivity (Wildman–Crippen MR) is 110 cm³/mol. The van der Waals surface area contributed by atoms with Crippen LogP contribution in [0.25, 0.3) is 0 Å². The number of unbranched alkanes of at least 4 members (excludes halogenated alkanes) is 5. The van der Waals surface area contributed by atoms with E-state index in [1.807, 2.05) is 13.0 Å². The molecule has 0 bridgehead atoms. The van der Waals surface area contributed by atoms with Gasteiger partial charge in [0.25, 0.3) is 0 Å². The van der Waals surface area contributed by atoms with Gasteiger partial charge >= 0.3 is 7.82 Å². The van der Waals surface area contributed by atoms with Crippen molar-refractivity contribution in [3.05, 3.63) is 11.8 Å². The third-order valence-corrected chi connectivity index (χ3v) is 4.41. The molecule has 11 nitrogen and oxygen atoms in total. The largest absolute Gasteiger partial charge is 0.496 e. The Labute approximate surface area is 184 Å². The van der Waals surface area contributed by atoms with E-state index in [9.17, 15) is 0 Å². The van der Waals surface area contributed by atoms with Gasteiger partial charge in [0.2, 0.25) is 0 Å². The first-order valence-corrected chi connectivity index (χ1v) is 12.4. The molecule has 0 unspecified atom stereocenters. The molecule has 0 aromatic heterocycles. The van der Waals surface area contributed by atoms with E-state index in [-0.39, 0.29) is 12.7 Å². The molecule has 0 aromatic rings. The van der Waals surface area contributed by atoms with Gasteiger partial charge in [-0.25, -0.2) is 14.3 Å². The van der Waals surface area contributed by atoms with Gasteiger partial charge < -0.3 is 19.4 Å². The molecule has 0 aliphatic heterocycles. The second-order valence-corrected chi connectivity index (χ2v) is 8.11. The molecule has 3 N–H and O–H groups in total. The molecule has 0 atom stereocenters. The Hall–Kier alpha value is -0.590. The number of phosphoric acid groups is 1. The first kappa shape index (κ1) is 30.4. The topological polar surface area (TPSA) is 142 Å². The van der Waals surface area contributed by atoms with Gasteiger partial charge in [0.05, 0.1) is 11.9 Å². The zero-order valence-corrected chi connectivity index (χ0v) is 19.5. The van der Waals surface area contributed by atoms with Gasteiger partial charge in [-0.1, -0.05) is 58.3 Å². The van der Waals surface area contributed by atoms with Crippen LogP contribution in [0.3, 0.4) is 0 Å². The molecule has 1 fully saturated rings. The molecule has 0 heterocycles. The Morgan fingerprint density at radius 3 is 2.16 bits per heavy atom. The molecule has 0 aromatic carbocycles. The summed E-state index contributed by atoms with van der Waals surface area (Å²) in [6, 6.07) is 0. The van der Waals surface area contributed by atoms with E-state index < -0.39 is 7.82 Å². The maximum absolute atomic E-state index is 8.88. The molecule has 0 spiro atoms. The zero-order valence-electron chi connectivity index (χ0n) is 18.6. The number of hydrogen-bond acceptors (Lipinski definition) is 8. The summed E-state index contributed by atoms with van der Waals surface area (Å²) in [6.45, 7) is 4.79. The molecular weight excluding hydrogens is 435 g/mol. The van der Waals surface area contributed by atoms with Gasteiger partial charge in [-0.2, -0.15) is 0 Å². The highest BCUT2D eigenvalue weighted by Crippen LogP contribution is 2.25. The van der Waals surface area contributed by atoms with Crippen molar-refractivity contribution in [1.29, 1.82) is 0 Å². The van der Waals surface area contributed by atoms with Crippen molar-refractivity contribution in [2.45, 2.75) is 97.0 Å². The molecular formula is C19H39O11P. The second-order valence-electron chi connectivity index (χ2n) is 7.08. The summed E-state index contributed by atoms with van der Waals surface area (Å²) in [5.41, 5.74) is 0. The SMILES string of the molecule is CC=C(CCCCCCCC)OCCOOOOOOC1CCCCC1.O=P(O)(O)O. The van der Waals surface area contributed by atoms with Crippen LogP contribution < -0.4 is 0 Å². The van der Waals surface area contributed by atoms with Crippen molar-refractivity contribution in [2.24, 2.45) is 0 Å². The minimum absolute atomic E-state index is 0.0487. The van der Waals surface area contributed by atoms with Crippen molar-refractivity contribution < 1.29 is 53.9 Å². The minimum atomic E-state index is -4.64. The quantitative estimate of drug-likeness (QED) is 0.0884. The fourth-order valence-electron chi connectivity index (χ4n) is 2.90. The molecule has 0 radical (unpaired) electrons. The van der Waals surface area contributed by atoms with E-state index in [1.165, 1.54) is 38.5 Å². The van der Waals surface area contributed by atoms with Crippen LogP contribution in [0.4, 0.5) is 0 Å². The van der Waals surface area contributed by atoms with E-state index in [1.54, 1.807) is 0 Å². The first-order valence-electron chi connectivity index (χ1n) is 10.9. The summed E-state index contributed by atoms with van der Waals surface area (Å²) in [5, 5.41) is 17.3. The highest BCUT2D eigenvalue weighted by molar-refractivity contribution is 7.45. The summed E-state index contributed by atoms with van der Waals surface area (Å²) in [5.74, 6) is 0.977. The molecule has 1 rings (SSSR count).